The first-order valence-electron chi connectivity index (χ1n) is 30.6. The maximum Gasteiger partial charge on any atom is 0.308 e. The molecule has 2 bridgehead atoms. The van der Waals surface area contributed by atoms with Crippen molar-refractivity contribution in [2.24, 2.45) is 11.8 Å². The van der Waals surface area contributed by atoms with Crippen LogP contribution in [0, 0.1) is 11.8 Å². The number of aryl methyl sites for hydroxylation is 1. The maximum absolute atomic E-state index is 14.0. The van der Waals surface area contributed by atoms with Crippen LogP contribution in [0.1, 0.15) is 126 Å². The molecule has 1 unspecified atom stereocenters. The van der Waals surface area contributed by atoms with Crippen LogP contribution in [0.15, 0.2) is 60.8 Å². The number of aromatic nitrogens is 3. The minimum atomic E-state index is -2.51. The molecular weight excluding hydrogens is 1110 g/mol. The molecule has 5 aliphatic rings. The number of hydrogen-bond donors (Lipinski definition) is 4. The van der Waals surface area contributed by atoms with Crippen molar-refractivity contribution in [2.45, 2.75) is 261 Å². The van der Waals surface area contributed by atoms with Gasteiger partial charge in [0.1, 0.15) is 42.9 Å². The second kappa shape index (κ2) is 30.4. The Hall–Kier alpha value is -4.05. The van der Waals surface area contributed by atoms with Crippen molar-refractivity contribution in [3.8, 4) is 0 Å². The van der Waals surface area contributed by atoms with E-state index < -0.39 is 118 Å². The molecule has 0 aliphatic carbocycles. The summed E-state index contributed by atoms with van der Waals surface area (Å²) in [5.41, 5.74) is -0.279. The molecule has 7 rings (SSSR count). The van der Waals surface area contributed by atoms with Crippen molar-refractivity contribution in [2.75, 3.05) is 33.6 Å². The fourth-order valence-corrected chi connectivity index (χ4v) is 13.3. The number of amides is 1. The van der Waals surface area contributed by atoms with E-state index in [1.807, 2.05) is 76.3 Å². The molecule has 85 heavy (non-hydrogen) atoms. The number of likely N-dealkylation sites (N-methyl/N-ethyl adjacent to an activating group) is 2. The summed E-state index contributed by atoms with van der Waals surface area (Å²) in [5.74, 6) is -1.73. The van der Waals surface area contributed by atoms with Crippen LogP contribution in [0.25, 0.3) is 0 Å². The van der Waals surface area contributed by atoms with Gasteiger partial charge in [-0.1, -0.05) is 75.4 Å². The molecule has 1 amide bonds. The number of allylic oxidation sites excluding steroid dienone is 2. The number of hydrogen-bond acceptors (Lipinski definition) is 20. The molecule has 0 spiro atoms. The Morgan fingerprint density at radius 3 is 2.31 bits per heavy atom. The molecule has 0 saturated carbocycles. The van der Waals surface area contributed by atoms with Crippen molar-refractivity contribution in [3.05, 3.63) is 66.5 Å². The van der Waals surface area contributed by atoms with E-state index in [-0.39, 0.29) is 60.7 Å². The van der Waals surface area contributed by atoms with Gasteiger partial charge < -0.3 is 77.5 Å². The number of carbonyl (C=O) groups is 3. The minimum Gasteiger partial charge on any atom is -0.462 e. The third-order valence-corrected chi connectivity index (χ3v) is 22.2. The minimum absolute atomic E-state index is 0.0206. The SMILES string of the molecule is CN[C@H]1CC[C@H](O[C@H]2/C=C\C=C/C[C@@H](C)OC(=O)C[C@H]3OC(O[Si](C)(C)C(C)(C)C)C[C@@H](C[C@H]2C)[C@H](O[C@@H]2O[C@H](C)[C@@H](O[C@H]4C[C@@](C)(O)[C@@H](OC(=O)CCCc5cn(CC(=O)Nc6ccccc6)nn5)[C@H](C)O4)[C@H](N(C)C)[C@H]2O)[C@H]3OC)O[C@@H]1C. The molecule has 5 aliphatic heterocycles. The van der Waals surface area contributed by atoms with Crippen LogP contribution in [0.4, 0.5) is 5.69 Å². The number of esters is 2. The number of para-hydroxylation sites is 1. The summed E-state index contributed by atoms with van der Waals surface area (Å²) in [6.07, 6.45) is 1.73. The zero-order valence-corrected chi connectivity index (χ0v) is 53.9. The summed E-state index contributed by atoms with van der Waals surface area (Å²) < 4.78 is 74.3. The number of carbonyl (C=O) groups excluding carboxylic acids is 3. The van der Waals surface area contributed by atoms with E-state index in [2.05, 4.69) is 74.7 Å². The highest BCUT2D eigenvalue weighted by molar-refractivity contribution is 6.74. The Morgan fingerprint density at radius 2 is 1.64 bits per heavy atom. The van der Waals surface area contributed by atoms with Crippen LogP contribution in [0.5, 0.6) is 0 Å². The monoisotopic (exact) mass is 1210 g/mol. The first kappa shape index (κ1) is 68.4. The number of fused-ring (bicyclic) bond motifs is 3. The number of cyclic esters (lactones) is 1. The fourth-order valence-electron chi connectivity index (χ4n) is 12.1. The number of rotatable bonds is 19. The smallest absolute Gasteiger partial charge is 0.308 e. The lowest BCUT2D eigenvalue weighted by Gasteiger charge is -2.50. The Labute approximate surface area is 504 Å². The lowest BCUT2D eigenvalue weighted by atomic mass is 9.82. The van der Waals surface area contributed by atoms with E-state index in [0.717, 1.165) is 12.8 Å². The normalized spacial score (nSPS) is 37.2. The van der Waals surface area contributed by atoms with Crippen LogP contribution >= 0.6 is 0 Å². The molecule has 2 aromatic rings. The lowest BCUT2D eigenvalue weighted by molar-refractivity contribution is -0.343. The summed E-state index contributed by atoms with van der Waals surface area (Å²) in [7, 11) is 4.69. The van der Waals surface area contributed by atoms with E-state index in [0.29, 0.717) is 43.5 Å². The molecule has 22 nitrogen and oxygen atoms in total. The van der Waals surface area contributed by atoms with Gasteiger partial charge in [0.2, 0.25) is 5.91 Å². The first-order valence-corrected chi connectivity index (χ1v) is 33.5. The topological polar surface area (TPSA) is 251 Å². The molecule has 4 saturated heterocycles. The quantitative estimate of drug-likeness (QED) is 0.0818. The lowest BCUT2D eigenvalue weighted by Crippen LogP contribution is -2.65. The van der Waals surface area contributed by atoms with E-state index in [4.69, 9.17) is 51.8 Å². The molecule has 6 heterocycles. The van der Waals surface area contributed by atoms with E-state index in [9.17, 15) is 24.6 Å². The van der Waals surface area contributed by atoms with Gasteiger partial charge in [-0.2, -0.15) is 0 Å². The fraction of sp³-hybridized carbons (Fsp3) is 0.758. The molecule has 1 aromatic heterocycles. The van der Waals surface area contributed by atoms with Gasteiger partial charge in [-0.05, 0) is 130 Å². The number of nitrogens with one attached hydrogen (secondary N) is 2. The first-order chi connectivity index (χ1) is 40.1. The van der Waals surface area contributed by atoms with Gasteiger partial charge in [0.05, 0.1) is 54.8 Å². The van der Waals surface area contributed by atoms with Crippen LogP contribution in [-0.4, -0.2) is 195 Å². The summed E-state index contributed by atoms with van der Waals surface area (Å²) in [6, 6.07) is 8.61. The molecule has 20 atom stereocenters. The zero-order valence-electron chi connectivity index (χ0n) is 52.9. The second-order valence-electron chi connectivity index (χ2n) is 26.1. The van der Waals surface area contributed by atoms with E-state index in [1.54, 1.807) is 39.3 Å². The van der Waals surface area contributed by atoms with Gasteiger partial charge in [0.25, 0.3) is 0 Å². The maximum atomic E-state index is 14.0. The Bertz CT molecular complexity index is 2500. The number of nitrogens with zero attached hydrogens (tertiary/aromatic N) is 4. The summed E-state index contributed by atoms with van der Waals surface area (Å²) in [4.78, 5) is 41.7. The summed E-state index contributed by atoms with van der Waals surface area (Å²) in [5, 5.41) is 38.8. The van der Waals surface area contributed by atoms with Gasteiger partial charge in [0.15, 0.2) is 33.3 Å². The molecule has 23 heteroatoms. The van der Waals surface area contributed by atoms with Crippen LogP contribution in [0.3, 0.4) is 0 Å². The number of ether oxygens (including phenoxy) is 10. The molecule has 4 N–H and O–H groups in total. The van der Waals surface area contributed by atoms with Crippen LogP contribution in [-0.2, 0) is 79.1 Å². The molecule has 4 fully saturated rings. The van der Waals surface area contributed by atoms with Crippen LogP contribution < -0.4 is 10.6 Å². The highest BCUT2D eigenvalue weighted by Crippen LogP contribution is 2.44. The van der Waals surface area contributed by atoms with Crippen molar-refractivity contribution >= 4 is 31.9 Å². The number of aliphatic hydroxyl groups is 2. The van der Waals surface area contributed by atoms with E-state index >= 15 is 0 Å². The van der Waals surface area contributed by atoms with E-state index in [1.165, 1.54) is 4.68 Å². The number of aliphatic hydroxyl groups excluding tert-OH is 1. The zero-order chi connectivity index (χ0) is 62.0. The highest BCUT2D eigenvalue weighted by atomic mass is 28.4. The van der Waals surface area contributed by atoms with Crippen molar-refractivity contribution in [3.63, 3.8) is 0 Å². The van der Waals surface area contributed by atoms with Crippen molar-refractivity contribution in [1.29, 1.82) is 0 Å². The van der Waals surface area contributed by atoms with Gasteiger partial charge in [-0.25, -0.2) is 4.68 Å². The average Bonchev–Trinajstić information content (AvgIpc) is 3.97. The summed E-state index contributed by atoms with van der Waals surface area (Å²) >= 11 is 0. The van der Waals surface area contributed by atoms with Gasteiger partial charge >= 0.3 is 11.9 Å². The second-order valence-corrected chi connectivity index (χ2v) is 30.8. The third-order valence-electron chi connectivity index (χ3n) is 17.7. The number of anilines is 1. The predicted molar refractivity (Wildman–Crippen MR) is 319 cm³/mol. The predicted octanol–water partition coefficient (Wildman–Crippen LogP) is 6.97. The van der Waals surface area contributed by atoms with Crippen molar-refractivity contribution < 1.29 is 76.4 Å². The Kier molecular flexibility index (Phi) is 24.5. The van der Waals surface area contributed by atoms with Crippen LogP contribution in [0.2, 0.25) is 18.1 Å². The van der Waals surface area contributed by atoms with Crippen molar-refractivity contribution in [1.82, 2.24) is 25.2 Å². The summed E-state index contributed by atoms with van der Waals surface area (Å²) in [6.45, 7) is 22.1. The largest absolute Gasteiger partial charge is 0.462 e. The van der Waals surface area contributed by atoms with Gasteiger partial charge in [-0.3, -0.25) is 14.4 Å². The standard InChI is InChI=1S/C62H100N6O16Si/c1-37-31-42-32-52(84-85(14,15)61(6,7)8)80-47(33-50(71)75-38(2)23-18-16-21-27-46(37)79-51-30-29-45(63-10)39(3)76-51)58(74-13)57(42)83-60-55(72)54(67(11)12)56(40(4)78-60)82-53-34-62(9,73)59(41(5)77-53)81-49(70)28-22-26-44-35-68(66-65-44)36-48(69)64-43-24-19-17-20-25-43/h16-21,24-25,27,35,37-42,45-47,51-60,63,72-73H,22-23,26,28-34,36H2,1-15H3,(H,64,69)/b18-16-,27-21-/t37-,38-,39-,40-,41+,42-,45+,46+,47-,51+,52?,53+,54-,55-,56-,57+,58+,59+,60+,62-/m1/s1. The Balaban J connectivity index is 1.06. The third kappa shape index (κ3) is 18.8. The highest BCUT2D eigenvalue weighted by Gasteiger charge is 2.54. The number of benzene rings is 1. The molecule has 0 radical (unpaired) electrons. The van der Waals surface area contributed by atoms with Gasteiger partial charge in [0, 0.05) is 50.7 Å². The molecule has 1 aromatic carbocycles. The Morgan fingerprint density at radius 1 is 0.906 bits per heavy atom. The molecular formula is C62H100N6O16Si. The van der Waals surface area contributed by atoms with Gasteiger partial charge in [-0.15, -0.1) is 5.10 Å². The molecule has 478 valence electrons. The average molecular weight is 1210 g/mol. The number of methoxy groups -OCH3 is 1.